The number of anilines is 1. The predicted molar refractivity (Wildman–Crippen MR) is 120 cm³/mol. The Morgan fingerprint density at radius 2 is 1.90 bits per heavy atom. The second-order valence-electron chi connectivity index (χ2n) is 8.94. The number of fused-ring (bicyclic) bond motifs is 2. The number of aryl methyl sites for hydroxylation is 2. The van der Waals surface area contributed by atoms with Gasteiger partial charge < -0.3 is 14.6 Å². The van der Waals surface area contributed by atoms with Crippen LogP contribution < -0.4 is 15.8 Å². The Balaban J connectivity index is 1.52. The van der Waals surface area contributed by atoms with Crippen molar-refractivity contribution in [2.75, 3.05) is 18.0 Å². The van der Waals surface area contributed by atoms with Crippen molar-refractivity contribution in [2.45, 2.75) is 63.8 Å². The summed E-state index contributed by atoms with van der Waals surface area (Å²) in [4.78, 5) is 27.8. The van der Waals surface area contributed by atoms with E-state index in [1.807, 2.05) is 6.07 Å². The van der Waals surface area contributed by atoms with Crippen molar-refractivity contribution in [3.63, 3.8) is 0 Å². The normalized spacial score (nSPS) is 19.1. The molecular weight excluding hydrogens is 390 g/mol. The minimum atomic E-state index is -0.505. The molecule has 2 aromatic rings. The zero-order valence-electron chi connectivity index (χ0n) is 17.7. The molecule has 1 aromatic heterocycles. The highest BCUT2D eigenvalue weighted by Gasteiger charge is 2.27. The minimum absolute atomic E-state index is 0.0531. The number of nitriles is 1. The first-order valence-electron chi connectivity index (χ1n) is 11.4. The molecule has 1 amide bonds. The number of hydrogen-bond acceptors (Lipinski definition) is 5. The quantitative estimate of drug-likeness (QED) is 0.466. The van der Waals surface area contributed by atoms with E-state index in [0.717, 1.165) is 75.4 Å². The highest BCUT2D eigenvalue weighted by Crippen LogP contribution is 2.39. The molecule has 1 N–H and O–H groups in total. The maximum atomic E-state index is 12.8. The lowest BCUT2D eigenvalue weighted by Crippen LogP contribution is -2.36. The molecule has 1 aliphatic carbocycles. The van der Waals surface area contributed by atoms with Crippen LogP contribution in [-0.4, -0.2) is 25.0 Å². The molecule has 160 valence electrons. The van der Waals surface area contributed by atoms with Gasteiger partial charge in [0.25, 0.3) is 5.91 Å². The zero-order valence-corrected chi connectivity index (χ0v) is 17.7. The van der Waals surface area contributed by atoms with Crippen molar-refractivity contribution in [1.29, 1.82) is 5.26 Å². The summed E-state index contributed by atoms with van der Waals surface area (Å²) in [6, 6.07) is 5.96. The molecule has 5 rings (SSSR count). The van der Waals surface area contributed by atoms with E-state index in [0.29, 0.717) is 5.58 Å². The van der Waals surface area contributed by atoms with Crippen LogP contribution in [0.15, 0.2) is 26.9 Å². The van der Waals surface area contributed by atoms with Crippen LogP contribution in [0.4, 0.5) is 5.69 Å². The Morgan fingerprint density at radius 1 is 1.13 bits per heavy atom. The molecule has 3 aliphatic rings. The summed E-state index contributed by atoms with van der Waals surface area (Å²) in [5, 5.41) is 13.4. The fraction of sp³-hybridized carbons (Fsp3) is 0.480. The number of hydrogen-bond donors (Lipinski definition) is 1. The summed E-state index contributed by atoms with van der Waals surface area (Å²) in [6.45, 7) is 2.11. The number of nitrogens with zero attached hydrogens (tertiary/aromatic N) is 2. The van der Waals surface area contributed by atoms with Gasteiger partial charge in [0.2, 0.25) is 0 Å². The van der Waals surface area contributed by atoms with Crippen molar-refractivity contribution in [2.24, 2.45) is 0 Å². The average molecular weight is 418 g/mol. The fourth-order valence-electron chi connectivity index (χ4n) is 5.38. The van der Waals surface area contributed by atoms with Gasteiger partial charge in [0.05, 0.1) is 5.56 Å². The van der Waals surface area contributed by atoms with Crippen molar-refractivity contribution in [3.8, 4) is 6.07 Å². The highest BCUT2D eigenvalue weighted by atomic mass is 16.4. The average Bonchev–Trinajstić information content (AvgIpc) is 2.79. The van der Waals surface area contributed by atoms with Crippen LogP contribution in [0.25, 0.3) is 17.0 Å². The lowest BCUT2D eigenvalue weighted by atomic mass is 9.90. The van der Waals surface area contributed by atoms with E-state index < -0.39 is 11.5 Å². The molecule has 0 atom stereocenters. The lowest BCUT2D eigenvalue weighted by molar-refractivity contribution is -0.117. The Bertz CT molecular complexity index is 1160. The summed E-state index contributed by atoms with van der Waals surface area (Å²) in [5.74, 6) is -0.412. The number of amides is 1. The molecule has 2 aliphatic heterocycles. The Labute approximate surface area is 181 Å². The van der Waals surface area contributed by atoms with E-state index in [9.17, 15) is 14.9 Å². The van der Waals surface area contributed by atoms with Crippen molar-refractivity contribution < 1.29 is 9.21 Å². The van der Waals surface area contributed by atoms with Gasteiger partial charge >= 0.3 is 5.63 Å². The Morgan fingerprint density at radius 3 is 2.68 bits per heavy atom. The van der Waals surface area contributed by atoms with Crippen molar-refractivity contribution in [1.82, 2.24) is 5.32 Å². The first-order valence-corrected chi connectivity index (χ1v) is 11.4. The molecule has 0 radical (unpaired) electrons. The maximum Gasteiger partial charge on any atom is 0.343 e. The van der Waals surface area contributed by atoms with E-state index in [1.165, 1.54) is 23.7 Å². The van der Waals surface area contributed by atoms with Gasteiger partial charge in [0.1, 0.15) is 17.2 Å². The van der Waals surface area contributed by atoms with E-state index >= 15 is 0 Å². The van der Waals surface area contributed by atoms with Crippen LogP contribution in [0.2, 0.25) is 0 Å². The summed E-state index contributed by atoms with van der Waals surface area (Å²) in [5.41, 5.74) is 4.02. The van der Waals surface area contributed by atoms with Gasteiger partial charge in [-0.3, -0.25) is 4.79 Å². The third kappa shape index (κ3) is 3.74. The zero-order chi connectivity index (χ0) is 21.4. The minimum Gasteiger partial charge on any atom is -0.422 e. The van der Waals surface area contributed by atoms with Gasteiger partial charge in [-0.25, -0.2) is 4.79 Å². The molecule has 1 aromatic carbocycles. The fourth-order valence-corrected chi connectivity index (χ4v) is 5.38. The molecule has 0 saturated heterocycles. The number of rotatable bonds is 3. The second-order valence-corrected chi connectivity index (χ2v) is 8.94. The van der Waals surface area contributed by atoms with Gasteiger partial charge in [-0.1, -0.05) is 19.3 Å². The highest BCUT2D eigenvalue weighted by molar-refractivity contribution is 6.02. The van der Waals surface area contributed by atoms with Crippen LogP contribution >= 0.6 is 0 Å². The van der Waals surface area contributed by atoms with E-state index in [2.05, 4.69) is 16.3 Å². The Hall–Kier alpha value is -3.07. The number of nitrogens with one attached hydrogen (secondary N) is 1. The number of benzene rings is 1. The van der Waals surface area contributed by atoms with Crippen LogP contribution in [0, 0.1) is 11.3 Å². The molecule has 31 heavy (non-hydrogen) atoms. The monoisotopic (exact) mass is 417 g/mol. The van der Waals surface area contributed by atoms with Gasteiger partial charge in [-0.05, 0) is 62.3 Å². The van der Waals surface area contributed by atoms with E-state index in [4.69, 9.17) is 4.42 Å². The Kier molecular flexibility index (Phi) is 5.27. The molecule has 0 bridgehead atoms. The van der Waals surface area contributed by atoms with Crippen molar-refractivity contribution >= 4 is 28.6 Å². The summed E-state index contributed by atoms with van der Waals surface area (Å²) < 4.78 is 5.77. The van der Waals surface area contributed by atoms with Crippen LogP contribution in [0.1, 0.15) is 61.6 Å². The first-order chi connectivity index (χ1) is 15.1. The molecule has 3 heterocycles. The van der Waals surface area contributed by atoms with Gasteiger partial charge in [-0.15, -0.1) is 0 Å². The molecular formula is C25H27N3O3. The lowest BCUT2D eigenvalue weighted by Gasteiger charge is -2.37. The van der Waals surface area contributed by atoms with E-state index in [1.54, 1.807) is 6.07 Å². The molecule has 0 spiro atoms. The topological polar surface area (TPSA) is 86.3 Å². The van der Waals surface area contributed by atoms with Crippen LogP contribution in [0.3, 0.4) is 0 Å². The third-order valence-electron chi connectivity index (χ3n) is 6.85. The standard InChI is InChI=1S/C25H27N3O3/c26-15-19(24(29)27-20-7-2-1-3-8-20)14-18-13-17-12-16-6-4-10-28-11-5-9-21(22(16)28)23(17)31-25(18)30/h12-14,20H,1-11H2,(H,27,29)/b19-14+. The molecule has 6 heteroatoms. The number of carbonyl (C=O) groups excluding carboxylic acids is 1. The molecule has 1 fully saturated rings. The van der Waals surface area contributed by atoms with Crippen molar-refractivity contribution in [3.05, 3.63) is 44.8 Å². The molecule has 6 nitrogen and oxygen atoms in total. The summed E-state index contributed by atoms with van der Waals surface area (Å²) >= 11 is 0. The maximum absolute atomic E-state index is 12.8. The van der Waals surface area contributed by atoms with Gasteiger partial charge in [0.15, 0.2) is 0 Å². The van der Waals surface area contributed by atoms with Gasteiger partial charge in [-0.2, -0.15) is 5.26 Å². The second kappa shape index (κ2) is 8.22. The van der Waals surface area contributed by atoms with Crippen LogP contribution in [-0.2, 0) is 17.6 Å². The summed E-state index contributed by atoms with van der Waals surface area (Å²) in [6.07, 6.45) is 10.7. The first kappa shape index (κ1) is 19.9. The summed E-state index contributed by atoms with van der Waals surface area (Å²) in [7, 11) is 0. The molecule has 1 saturated carbocycles. The number of carbonyl (C=O) groups is 1. The third-order valence-corrected chi connectivity index (χ3v) is 6.85. The molecule has 0 unspecified atom stereocenters. The van der Waals surface area contributed by atoms with Gasteiger partial charge in [0, 0.05) is 35.8 Å². The van der Waals surface area contributed by atoms with Crippen LogP contribution in [0.5, 0.6) is 0 Å². The smallest absolute Gasteiger partial charge is 0.343 e. The van der Waals surface area contributed by atoms with E-state index in [-0.39, 0.29) is 17.2 Å². The predicted octanol–water partition coefficient (Wildman–Crippen LogP) is 3.85. The largest absolute Gasteiger partial charge is 0.422 e. The SMILES string of the molecule is N#C/C(=C\c1cc2cc3c4c(c2oc1=O)CCCN4CCC3)C(=O)NC1CCCCC1.